The van der Waals surface area contributed by atoms with E-state index in [1.807, 2.05) is 13.8 Å². The third-order valence-corrected chi connectivity index (χ3v) is 11.2. The monoisotopic (exact) mass is 928 g/mol. The Kier molecular flexibility index (Phi) is 20.2. The zero-order chi connectivity index (χ0) is 49.6. The molecule has 23 heteroatoms. The Morgan fingerprint density at radius 1 is 0.864 bits per heavy atom. The van der Waals surface area contributed by atoms with Crippen molar-refractivity contribution < 1.29 is 62.9 Å². The molecule has 12 N–H and O–H groups in total. The molecule has 1 aromatic rings. The number of amides is 10. The number of carbonyl (C=O) groups excluding carboxylic acids is 10. The van der Waals surface area contributed by atoms with Gasteiger partial charge in [-0.1, -0.05) is 57.2 Å². The molecule has 0 spiro atoms. The molecular weight excluding hydrogens is 865 g/mol. The van der Waals surface area contributed by atoms with E-state index >= 15 is 0 Å². The Hall–Kier alpha value is -6.46. The van der Waals surface area contributed by atoms with Crippen molar-refractivity contribution >= 4 is 59.1 Å². The lowest BCUT2D eigenvalue weighted by Gasteiger charge is -2.33. The quantitative estimate of drug-likeness (QED) is 0.0946. The van der Waals surface area contributed by atoms with Crippen LogP contribution in [0.25, 0.3) is 0 Å². The van der Waals surface area contributed by atoms with Gasteiger partial charge in [-0.25, -0.2) is 0 Å². The summed E-state index contributed by atoms with van der Waals surface area (Å²) in [7, 11) is 2.37. The summed E-state index contributed by atoms with van der Waals surface area (Å²) in [5.74, 6) is -10.9. The molecule has 2 fully saturated rings. The molecule has 364 valence electrons. The number of nitrogens with zero attached hydrogens (tertiary/aromatic N) is 2. The third kappa shape index (κ3) is 15.1. The van der Waals surface area contributed by atoms with Crippen molar-refractivity contribution in [3.8, 4) is 0 Å². The molecule has 10 amide bonds. The average Bonchev–Trinajstić information content (AvgIpc) is 3.67. The number of aliphatic hydroxyl groups excluding tert-OH is 2. The predicted molar refractivity (Wildman–Crippen MR) is 234 cm³/mol. The molecule has 1 aromatic carbocycles. The molecule has 2 unspecified atom stereocenters. The summed E-state index contributed by atoms with van der Waals surface area (Å²) in [5, 5.41) is 36.6. The van der Waals surface area contributed by atoms with Gasteiger partial charge in [0.25, 0.3) is 11.8 Å². The van der Waals surface area contributed by atoms with Gasteiger partial charge in [0, 0.05) is 27.1 Å². The fourth-order valence-corrected chi connectivity index (χ4v) is 7.39. The first-order chi connectivity index (χ1) is 31.0. The number of nitrogens with one attached hydrogen (secondary N) is 6. The number of hydrogen-bond acceptors (Lipinski definition) is 13. The zero-order valence-electron chi connectivity index (χ0n) is 38.2. The van der Waals surface area contributed by atoms with Crippen LogP contribution in [0.1, 0.15) is 65.9 Å². The molecule has 2 aliphatic heterocycles. The van der Waals surface area contributed by atoms with E-state index in [9.17, 15) is 58.2 Å². The van der Waals surface area contributed by atoms with Crippen LogP contribution in [0.15, 0.2) is 42.1 Å². The Labute approximate surface area is 382 Å². The minimum absolute atomic E-state index is 0.00154. The lowest BCUT2D eigenvalue weighted by Crippen LogP contribution is -2.64. The van der Waals surface area contributed by atoms with E-state index in [0.29, 0.717) is 12.0 Å². The molecule has 3 rings (SSSR count). The molecule has 0 radical (unpaired) electrons. The summed E-state index contributed by atoms with van der Waals surface area (Å²) in [6, 6.07) is -1.04. The summed E-state index contributed by atoms with van der Waals surface area (Å²) in [5.41, 5.74) is 11.0. The number of hydrogen-bond donors (Lipinski definition) is 10. The zero-order valence-corrected chi connectivity index (χ0v) is 38.2. The van der Waals surface area contributed by atoms with Gasteiger partial charge in [0.2, 0.25) is 47.3 Å². The van der Waals surface area contributed by atoms with Crippen LogP contribution in [0.5, 0.6) is 0 Å². The van der Waals surface area contributed by atoms with Gasteiger partial charge in [-0.15, -0.1) is 0 Å². The summed E-state index contributed by atoms with van der Waals surface area (Å²) in [6.45, 7) is 7.36. The van der Waals surface area contributed by atoms with E-state index in [-0.39, 0.29) is 37.6 Å². The number of aliphatic hydroxyl groups is 2. The molecule has 10 atom stereocenters. The van der Waals surface area contributed by atoms with Crippen molar-refractivity contribution in [2.24, 2.45) is 23.3 Å². The number of carbonyl (C=O) groups is 10. The Morgan fingerprint density at radius 3 is 2.06 bits per heavy atom. The number of nitrogens with two attached hydrogens (primary N) is 2. The van der Waals surface area contributed by atoms with E-state index in [0.717, 1.165) is 22.9 Å². The minimum atomic E-state index is -2.36. The number of rotatable bonds is 11. The van der Waals surface area contributed by atoms with Crippen LogP contribution in [-0.4, -0.2) is 161 Å². The standard InChI is InChI=1S/C43H64N10O13/c1-8-25-42(64)52(6)20-31(55)50-33(35(57)36(45)58)40(62)51-32(23(5)66-7)43(65)53-19-22(4)16-29(53)39(61)49-27(17-24-12-10-9-11-13-24)37(59)48-28(18-30(44)54)38(60)47-26(15-14-21(2)3)34(56)41(63)46-25/h8-13,21-23,26-29,32-35,56-57H,14-20H2,1-7H3,(H2,44,54)(H2,45,58)(H,46,63)(H,47,60)(H,48,59)(H,49,61)(H,50,55)(H,51,62)/b25-8+/t22-,23+,26?,27-,28-,29-,32-,33?,34+,35-/m0/s1. The Bertz CT molecular complexity index is 2000. The second-order valence-corrected chi connectivity index (χ2v) is 17.0. The number of ether oxygens (including phenoxy) is 1. The maximum Gasteiger partial charge on any atom is 0.270 e. The molecule has 0 aliphatic carbocycles. The maximum atomic E-state index is 14.4. The summed E-state index contributed by atoms with van der Waals surface area (Å²) in [6.07, 6.45) is -4.82. The van der Waals surface area contributed by atoms with Crippen LogP contribution in [0.3, 0.4) is 0 Å². The summed E-state index contributed by atoms with van der Waals surface area (Å²) < 4.78 is 5.40. The van der Waals surface area contributed by atoms with Crippen molar-refractivity contribution in [2.75, 3.05) is 27.2 Å². The van der Waals surface area contributed by atoms with Gasteiger partial charge >= 0.3 is 0 Å². The summed E-state index contributed by atoms with van der Waals surface area (Å²) >= 11 is 0. The first-order valence-electron chi connectivity index (χ1n) is 21.5. The second kappa shape index (κ2) is 24.7. The number of allylic oxidation sites excluding steroid dienone is 1. The topological polar surface area (TPSA) is 351 Å². The highest BCUT2D eigenvalue weighted by Crippen LogP contribution is 2.25. The van der Waals surface area contributed by atoms with Crippen LogP contribution < -0.4 is 43.4 Å². The number of methoxy groups -OCH3 is 1. The van der Waals surface area contributed by atoms with Crippen molar-refractivity contribution in [1.82, 2.24) is 41.7 Å². The molecule has 2 aliphatic rings. The summed E-state index contributed by atoms with van der Waals surface area (Å²) in [4.78, 5) is 138. The van der Waals surface area contributed by atoms with Crippen molar-refractivity contribution in [3.63, 3.8) is 0 Å². The smallest absolute Gasteiger partial charge is 0.270 e. The molecule has 0 saturated carbocycles. The van der Waals surface area contributed by atoms with E-state index in [1.165, 1.54) is 21.0 Å². The third-order valence-electron chi connectivity index (χ3n) is 11.2. The van der Waals surface area contributed by atoms with Crippen LogP contribution in [0.4, 0.5) is 0 Å². The first kappa shape index (κ1) is 53.9. The van der Waals surface area contributed by atoms with Gasteiger partial charge < -0.3 is 68.1 Å². The number of primary amides is 2. The van der Waals surface area contributed by atoms with E-state index in [1.54, 1.807) is 37.3 Å². The Balaban J connectivity index is 2.20. The van der Waals surface area contributed by atoms with Gasteiger partial charge in [0.1, 0.15) is 35.9 Å². The van der Waals surface area contributed by atoms with E-state index in [2.05, 4.69) is 31.9 Å². The number of likely N-dealkylation sites (N-methyl/N-ethyl adjacent to an activating group) is 1. The van der Waals surface area contributed by atoms with E-state index in [4.69, 9.17) is 16.2 Å². The highest BCUT2D eigenvalue weighted by atomic mass is 16.5. The van der Waals surface area contributed by atoms with Gasteiger partial charge in [-0.05, 0) is 50.5 Å². The van der Waals surface area contributed by atoms with Gasteiger partial charge in [-0.2, -0.15) is 0 Å². The van der Waals surface area contributed by atoms with Gasteiger partial charge in [0.15, 0.2) is 12.2 Å². The molecule has 0 aromatic heterocycles. The number of fused-ring (bicyclic) bond motifs is 1. The highest BCUT2D eigenvalue weighted by molar-refractivity contribution is 6.02. The largest absolute Gasteiger partial charge is 0.381 e. The van der Waals surface area contributed by atoms with Crippen LogP contribution in [0, 0.1) is 11.8 Å². The molecule has 2 heterocycles. The van der Waals surface area contributed by atoms with Crippen LogP contribution in [0.2, 0.25) is 0 Å². The molecule has 23 nitrogen and oxygen atoms in total. The van der Waals surface area contributed by atoms with Gasteiger partial charge in [-0.3, -0.25) is 47.9 Å². The van der Waals surface area contributed by atoms with Crippen LogP contribution in [-0.2, 0) is 59.1 Å². The van der Waals surface area contributed by atoms with Crippen LogP contribution >= 0.6 is 0 Å². The van der Waals surface area contributed by atoms with Gasteiger partial charge in [0.05, 0.1) is 25.1 Å². The van der Waals surface area contributed by atoms with E-state index < -0.39 is 132 Å². The highest BCUT2D eigenvalue weighted by Gasteiger charge is 2.45. The second-order valence-electron chi connectivity index (χ2n) is 17.0. The minimum Gasteiger partial charge on any atom is -0.381 e. The number of benzene rings is 1. The maximum absolute atomic E-state index is 14.4. The normalized spacial score (nSPS) is 27.6. The SMILES string of the molecule is C/C=C1/NC(=O)[C@H](O)C(CCC(C)C)NC(=O)[C@H](CC(N)=O)NC(=O)[C@H](Cc2ccccc2)NC(=O)[C@@H]2C[C@H](C)CN2C(=O)[C@H]([C@@H](C)OC)NC(=O)C([C@H](O)C(N)=O)NC(=O)CN(C)C1=O. The molecule has 0 bridgehead atoms. The van der Waals surface area contributed by atoms with Crippen molar-refractivity contribution in [2.45, 2.75) is 121 Å². The van der Waals surface area contributed by atoms with Crippen molar-refractivity contribution in [3.05, 3.63) is 47.7 Å². The fourth-order valence-electron chi connectivity index (χ4n) is 7.39. The van der Waals surface area contributed by atoms with Crippen molar-refractivity contribution in [1.29, 1.82) is 0 Å². The fraction of sp³-hybridized carbons (Fsp3) is 0.581. The Morgan fingerprint density at radius 2 is 1.48 bits per heavy atom. The molecule has 2 saturated heterocycles. The predicted octanol–water partition coefficient (Wildman–Crippen LogP) is -4.06. The first-order valence-corrected chi connectivity index (χ1v) is 21.5. The molecular formula is C43H64N10O13. The average molecular weight is 929 g/mol. The molecule has 66 heavy (non-hydrogen) atoms. The lowest BCUT2D eigenvalue weighted by atomic mass is 9.98. The lowest BCUT2D eigenvalue weighted by molar-refractivity contribution is -0.146.